The smallest absolute Gasteiger partial charge is 0.273 e. The van der Waals surface area contributed by atoms with Crippen LogP contribution >= 0.6 is 0 Å². The minimum absolute atomic E-state index is 0.0870. The number of ether oxygens (including phenoxy) is 1. The highest BCUT2D eigenvalue weighted by molar-refractivity contribution is 6.05. The summed E-state index contributed by atoms with van der Waals surface area (Å²) in [5.41, 5.74) is 2.56. The average molecular weight is 364 g/mol. The van der Waals surface area contributed by atoms with Crippen molar-refractivity contribution in [3.8, 4) is 17.1 Å². The number of nitro benzene ring substituents is 1. The molecule has 0 radical (unpaired) electrons. The number of nitrogens with zero attached hydrogens (tertiary/aromatic N) is 3. The van der Waals surface area contributed by atoms with Gasteiger partial charge in [0.05, 0.1) is 17.7 Å². The lowest BCUT2D eigenvalue weighted by Crippen LogP contribution is -2.14. The summed E-state index contributed by atoms with van der Waals surface area (Å²) in [4.78, 5) is 23.0. The standard InChI is InChI=1S/C19H16N4O4/c1-12-15(4-3-5-17(12)23(25)26)19(24)20-14-8-6-13(7-9-14)16-10-11-18(27-2)22-21-16/h3-11H,1-2H3,(H,20,24). The summed E-state index contributed by atoms with van der Waals surface area (Å²) >= 11 is 0. The molecule has 8 heteroatoms. The first-order valence-corrected chi connectivity index (χ1v) is 8.03. The highest BCUT2D eigenvalue weighted by atomic mass is 16.6. The Balaban J connectivity index is 1.77. The molecule has 3 aromatic rings. The first-order chi connectivity index (χ1) is 13.0. The zero-order chi connectivity index (χ0) is 19.4. The number of aromatic nitrogens is 2. The van der Waals surface area contributed by atoms with Crippen molar-refractivity contribution < 1.29 is 14.5 Å². The molecule has 0 aliphatic rings. The summed E-state index contributed by atoms with van der Waals surface area (Å²) in [6.07, 6.45) is 0. The Morgan fingerprint density at radius 2 is 1.81 bits per heavy atom. The van der Waals surface area contributed by atoms with Crippen LogP contribution in [0.3, 0.4) is 0 Å². The lowest BCUT2D eigenvalue weighted by Gasteiger charge is -2.09. The molecule has 0 spiro atoms. The summed E-state index contributed by atoms with van der Waals surface area (Å²) in [7, 11) is 1.52. The number of amides is 1. The van der Waals surface area contributed by atoms with Gasteiger partial charge in [0.1, 0.15) is 0 Å². The molecule has 1 N–H and O–H groups in total. The number of carbonyl (C=O) groups is 1. The molecule has 0 saturated heterocycles. The molecule has 2 aromatic carbocycles. The number of anilines is 1. The fraction of sp³-hybridized carbons (Fsp3) is 0.105. The maximum absolute atomic E-state index is 12.5. The van der Waals surface area contributed by atoms with Gasteiger partial charge >= 0.3 is 0 Å². The number of methoxy groups -OCH3 is 1. The Morgan fingerprint density at radius 1 is 1.07 bits per heavy atom. The van der Waals surface area contributed by atoms with Crippen LogP contribution in [-0.4, -0.2) is 28.1 Å². The minimum atomic E-state index is -0.503. The largest absolute Gasteiger partial charge is 0.480 e. The summed E-state index contributed by atoms with van der Waals surface area (Å²) in [5.74, 6) is 0.0168. The van der Waals surface area contributed by atoms with Crippen LogP contribution in [0, 0.1) is 17.0 Å². The predicted octanol–water partition coefficient (Wildman–Crippen LogP) is 3.62. The normalized spacial score (nSPS) is 10.3. The third-order valence-electron chi connectivity index (χ3n) is 4.03. The van der Waals surface area contributed by atoms with Crippen LogP contribution in [0.1, 0.15) is 15.9 Å². The molecule has 1 heterocycles. The topological polar surface area (TPSA) is 107 Å². The lowest BCUT2D eigenvalue weighted by molar-refractivity contribution is -0.385. The van der Waals surface area contributed by atoms with Crippen LogP contribution in [0.15, 0.2) is 54.6 Å². The van der Waals surface area contributed by atoms with Gasteiger partial charge in [0, 0.05) is 34.5 Å². The van der Waals surface area contributed by atoms with E-state index in [-0.39, 0.29) is 11.3 Å². The molecule has 1 aromatic heterocycles. The first kappa shape index (κ1) is 18.0. The van der Waals surface area contributed by atoms with E-state index >= 15 is 0 Å². The third-order valence-corrected chi connectivity index (χ3v) is 4.03. The van der Waals surface area contributed by atoms with Crippen LogP contribution in [0.5, 0.6) is 5.88 Å². The lowest BCUT2D eigenvalue weighted by atomic mass is 10.1. The molecule has 136 valence electrons. The number of hydrogen-bond donors (Lipinski definition) is 1. The minimum Gasteiger partial charge on any atom is -0.480 e. The maximum atomic E-state index is 12.5. The fourth-order valence-corrected chi connectivity index (χ4v) is 2.57. The Morgan fingerprint density at radius 3 is 2.41 bits per heavy atom. The highest BCUT2D eigenvalue weighted by Gasteiger charge is 2.18. The van der Waals surface area contributed by atoms with Crippen molar-refractivity contribution >= 4 is 17.3 Å². The molecule has 3 rings (SSSR count). The van der Waals surface area contributed by atoms with Crippen molar-refractivity contribution in [3.63, 3.8) is 0 Å². The van der Waals surface area contributed by atoms with Crippen LogP contribution < -0.4 is 10.1 Å². The molecule has 0 atom stereocenters. The summed E-state index contributed by atoms with van der Waals surface area (Å²) in [6, 6.07) is 15.0. The summed E-state index contributed by atoms with van der Waals surface area (Å²) < 4.78 is 4.98. The maximum Gasteiger partial charge on any atom is 0.273 e. The Bertz CT molecular complexity index is 986. The van der Waals surface area contributed by atoms with Crippen LogP contribution in [0.4, 0.5) is 11.4 Å². The quantitative estimate of drug-likeness (QED) is 0.547. The molecule has 0 aliphatic heterocycles. The number of carbonyl (C=O) groups excluding carboxylic acids is 1. The van der Waals surface area contributed by atoms with Crippen LogP contribution in [0.25, 0.3) is 11.3 Å². The molecule has 8 nitrogen and oxygen atoms in total. The third kappa shape index (κ3) is 3.90. The Kier molecular flexibility index (Phi) is 5.07. The SMILES string of the molecule is COc1ccc(-c2ccc(NC(=O)c3cccc([N+](=O)[O-])c3C)cc2)nn1. The van der Waals surface area contributed by atoms with Gasteiger partial charge in [-0.3, -0.25) is 14.9 Å². The van der Waals surface area contributed by atoms with Gasteiger partial charge in [0.2, 0.25) is 5.88 Å². The van der Waals surface area contributed by atoms with Crippen molar-refractivity contribution in [2.45, 2.75) is 6.92 Å². The van der Waals surface area contributed by atoms with E-state index in [4.69, 9.17) is 4.74 Å². The number of hydrogen-bond acceptors (Lipinski definition) is 6. The molecule has 27 heavy (non-hydrogen) atoms. The summed E-state index contributed by atoms with van der Waals surface area (Å²) in [6.45, 7) is 1.55. The van der Waals surface area contributed by atoms with Gasteiger partial charge < -0.3 is 10.1 Å². The van der Waals surface area contributed by atoms with Crippen molar-refractivity contribution in [1.29, 1.82) is 0 Å². The van der Waals surface area contributed by atoms with Crippen molar-refractivity contribution in [1.82, 2.24) is 10.2 Å². The number of nitrogens with one attached hydrogen (secondary N) is 1. The van der Waals surface area contributed by atoms with Gasteiger partial charge in [-0.2, -0.15) is 0 Å². The monoisotopic (exact) mass is 364 g/mol. The number of benzene rings is 2. The molecule has 0 aliphatic carbocycles. The van der Waals surface area contributed by atoms with E-state index in [9.17, 15) is 14.9 Å². The second-order valence-corrected chi connectivity index (χ2v) is 5.70. The predicted molar refractivity (Wildman–Crippen MR) is 99.8 cm³/mol. The molecule has 0 fully saturated rings. The summed E-state index contributed by atoms with van der Waals surface area (Å²) in [5, 5.41) is 21.8. The van der Waals surface area contributed by atoms with Gasteiger partial charge in [-0.25, -0.2) is 0 Å². The molecule has 0 saturated carbocycles. The van der Waals surface area contributed by atoms with Crippen molar-refractivity contribution in [3.05, 3.63) is 75.8 Å². The van der Waals surface area contributed by atoms with E-state index in [0.717, 1.165) is 5.56 Å². The molecular weight excluding hydrogens is 348 g/mol. The molecule has 1 amide bonds. The van der Waals surface area contributed by atoms with Crippen molar-refractivity contribution in [2.75, 3.05) is 12.4 Å². The second-order valence-electron chi connectivity index (χ2n) is 5.70. The highest BCUT2D eigenvalue weighted by Crippen LogP contribution is 2.23. The van der Waals surface area contributed by atoms with Gasteiger partial charge in [0.15, 0.2) is 0 Å². The van der Waals surface area contributed by atoms with Gasteiger partial charge in [-0.05, 0) is 31.2 Å². The fourth-order valence-electron chi connectivity index (χ4n) is 2.57. The van der Waals surface area contributed by atoms with E-state index in [1.807, 2.05) is 0 Å². The van der Waals surface area contributed by atoms with Crippen LogP contribution in [0.2, 0.25) is 0 Å². The van der Waals surface area contributed by atoms with Crippen molar-refractivity contribution in [2.24, 2.45) is 0 Å². The zero-order valence-electron chi connectivity index (χ0n) is 14.7. The molecule has 0 bridgehead atoms. The van der Waals surface area contributed by atoms with E-state index in [0.29, 0.717) is 22.8 Å². The molecule has 0 unspecified atom stereocenters. The van der Waals surface area contributed by atoms with Crippen LogP contribution in [-0.2, 0) is 0 Å². The zero-order valence-corrected chi connectivity index (χ0v) is 14.7. The first-order valence-electron chi connectivity index (χ1n) is 8.03. The number of rotatable bonds is 5. The number of nitro groups is 1. The Labute approximate surface area is 155 Å². The average Bonchev–Trinajstić information content (AvgIpc) is 2.68. The second kappa shape index (κ2) is 7.61. The molecular formula is C19H16N4O4. The van der Waals surface area contributed by atoms with Gasteiger partial charge in [-0.15, -0.1) is 10.2 Å². The van der Waals surface area contributed by atoms with Gasteiger partial charge in [0.25, 0.3) is 11.6 Å². The van der Waals surface area contributed by atoms with E-state index in [2.05, 4.69) is 15.5 Å². The van der Waals surface area contributed by atoms with Gasteiger partial charge in [-0.1, -0.05) is 18.2 Å². The van der Waals surface area contributed by atoms with E-state index in [1.54, 1.807) is 49.4 Å². The van der Waals surface area contributed by atoms with E-state index in [1.165, 1.54) is 19.2 Å². The van der Waals surface area contributed by atoms with E-state index < -0.39 is 10.8 Å². The Hall–Kier alpha value is -3.81.